The zero-order valence-corrected chi connectivity index (χ0v) is 9.72. The predicted octanol–water partition coefficient (Wildman–Crippen LogP) is 2.74. The number of aryl methyl sites for hydroxylation is 1. The molecule has 0 spiro atoms. The van der Waals surface area contributed by atoms with Crippen LogP contribution in [0.5, 0.6) is 0 Å². The summed E-state index contributed by atoms with van der Waals surface area (Å²) in [6.07, 6.45) is 13.6. The third kappa shape index (κ3) is 2.60. The molecule has 1 aromatic heterocycles. The number of rotatable bonds is 3. The standard InChI is InChI=1S/C13H18N2O/c1-15-10-9-14-13(15)12(16)8-7-11-5-3-2-4-6-11/h7-11H,2-6H2,1H3/b8-7+. The number of imidazole rings is 1. The molecule has 16 heavy (non-hydrogen) atoms. The number of aromatic nitrogens is 2. The van der Waals surface area contributed by atoms with Gasteiger partial charge in [0, 0.05) is 19.4 Å². The van der Waals surface area contributed by atoms with E-state index < -0.39 is 0 Å². The average molecular weight is 218 g/mol. The average Bonchev–Trinajstić information content (AvgIpc) is 2.74. The van der Waals surface area contributed by atoms with Crippen LogP contribution >= 0.6 is 0 Å². The summed E-state index contributed by atoms with van der Waals surface area (Å²) >= 11 is 0. The van der Waals surface area contributed by atoms with Gasteiger partial charge in [0.2, 0.25) is 5.78 Å². The van der Waals surface area contributed by atoms with E-state index in [9.17, 15) is 4.79 Å². The summed E-state index contributed by atoms with van der Waals surface area (Å²) in [4.78, 5) is 15.8. The van der Waals surface area contributed by atoms with E-state index in [0.29, 0.717) is 11.7 Å². The van der Waals surface area contributed by atoms with Crippen molar-refractivity contribution in [2.75, 3.05) is 0 Å². The van der Waals surface area contributed by atoms with Gasteiger partial charge in [-0.1, -0.05) is 25.3 Å². The third-order valence-electron chi connectivity index (χ3n) is 3.21. The van der Waals surface area contributed by atoms with E-state index in [2.05, 4.69) is 11.1 Å². The van der Waals surface area contributed by atoms with Gasteiger partial charge in [0.05, 0.1) is 0 Å². The maximum absolute atomic E-state index is 11.8. The van der Waals surface area contributed by atoms with Crippen LogP contribution in [-0.2, 0) is 7.05 Å². The summed E-state index contributed by atoms with van der Waals surface area (Å²) < 4.78 is 1.76. The van der Waals surface area contributed by atoms with E-state index >= 15 is 0 Å². The van der Waals surface area contributed by atoms with Gasteiger partial charge in [-0.25, -0.2) is 4.98 Å². The van der Waals surface area contributed by atoms with Crippen molar-refractivity contribution in [3.63, 3.8) is 0 Å². The van der Waals surface area contributed by atoms with E-state index in [1.165, 1.54) is 32.1 Å². The lowest BCUT2D eigenvalue weighted by Gasteiger charge is -2.17. The molecule has 86 valence electrons. The number of allylic oxidation sites excluding steroid dienone is 2. The summed E-state index contributed by atoms with van der Waals surface area (Å²) in [7, 11) is 1.84. The Labute approximate surface area is 96.2 Å². The van der Waals surface area contributed by atoms with Gasteiger partial charge in [-0.3, -0.25) is 4.79 Å². The fourth-order valence-electron chi connectivity index (χ4n) is 2.23. The molecule has 0 saturated heterocycles. The van der Waals surface area contributed by atoms with E-state index in [1.807, 2.05) is 7.05 Å². The highest BCUT2D eigenvalue weighted by molar-refractivity contribution is 6.01. The fraction of sp³-hybridized carbons (Fsp3) is 0.538. The van der Waals surface area contributed by atoms with Crippen LogP contribution in [0.15, 0.2) is 24.5 Å². The van der Waals surface area contributed by atoms with Crippen molar-refractivity contribution in [1.82, 2.24) is 9.55 Å². The van der Waals surface area contributed by atoms with Crippen LogP contribution in [0.25, 0.3) is 0 Å². The Bertz CT molecular complexity index is 386. The van der Waals surface area contributed by atoms with Crippen molar-refractivity contribution >= 4 is 5.78 Å². The van der Waals surface area contributed by atoms with Crippen molar-refractivity contribution in [2.24, 2.45) is 13.0 Å². The number of carbonyl (C=O) groups is 1. The van der Waals surface area contributed by atoms with Gasteiger partial charge in [0.1, 0.15) is 0 Å². The molecule has 3 heteroatoms. The minimum Gasteiger partial charge on any atom is -0.331 e. The largest absolute Gasteiger partial charge is 0.331 e. The summed E-state index contributed by atoms with van der Waals surface area (Å²) in [6, 6.07) is 0. The van der Waals surface area contributed by atoms with Crippen LogP contribution in [0.4, 0.5) is 0 Å². The second kappa shape index (κ2) is 5.10. The molecule has 0 radical (unpaired) electrons. The van der Waals surface area contributed by atoms with Crippen molar-refractivity contribution < 1.29 is 4.79 Å². The summed E-state index contributed by atoms with van der Waals surface area (Å²) in [5.74, 6) is 1.13. The molecular weight excluding hydrogens is 200 g/mol. The van der Waals surface area contributed by atoms with Gasteiger partial charge in [-0.05, 0) is 24.8 Å². The van der Waals surface area contributed by atoms with Crippen molar-refractivity contribution in [3.8, 4) is 0 Å². The van der Waals surface area contributed by atoms with E-state index in [1.54, 1.807) is 23.0 Å². The van der Waals surface area contributed by atoms with Gasteiger partial charge in [-0.2, -0.15) is 0 Å². The molecule has 0 unspecified atom stereocenters. The van der Waals surface area contributed by atoms with Crippen molar-refractivity contribution in [3.05, 3.63) is 30.4 Å². The van der Waals surface area contributed by atoms with Crippen LogP contribution in [0.2, 0.25) is 0 Å². The predicted molar refractivity (Wildman–Crippen MR) is 63.3 cm³/mol. The maximum Gasteiger partial charge on any atom is 0.220 e. The number of carbonyl (C=O) groups excluding carboxylic acids is 1. The molecule has 0 aromatic carbocycles. The first-order valence-electron chi connectivity index (χ1n) is 5.97. The molecule has 1 aliphatic rings. The van der Waals surface area contributed by atoms with Crippen LogP contribution < -0.4 is 0 Å². The summed E-state index contributed by atoms with van der Waals surface area (Å²) in [5, 5.41) is 0. The summed E-state index contributed by atoms with van der Waals surface area (Å²) in [6.45, 7) is 0. The van der Waals surface area contributed by atoms with Crippen LogP contribution in [-0.4, -0.2) is 15.3 Å². The first-order valence-corrected chi connectivity index (χ1v) is 5.97. The molecule has 1 aromatic rings. The fourth-order valence-corrected chi connectivity index (χ4v) is 2.23. The van der Waals surface area contributed by atoms with Crippen LogP contribution in [0.3, 0.4) is 0 Å². The Morgan fingerprint density at radius 1 is 1.44 bits per heavy atom. The molecule has 0 aliphatic heterocycles. The zero-order chi connectivity index (χ0) is 11.4. The topological polar surface area (TPSA) is 34.9 Å². The normalized spacial score (nSPS) is 18.1. The molecule has 1 saturated carbocycles. The zero-order valence-electron chi connectivity index (χ0n) is 9.72. The highest BCUT2D eigenvalue weighted by atomic mass is 16.1. The molecular formula is C13H18N2O. The Morgan fingerprint density at radius 2 is 2.19 bits per heavy atom. The molecule has 0 bridgehead atoms. The number of nitrogens with zero attached hydrogens (tertiary/aromatic N) is 2. The lowest BCUT2D eigenvalue weighted by Crippen LogP contribution is -2.07. The van der Waals surface area contributed by atoms with E-state index in [4.69, 9.17) is 0 Å². The SMILES string of the molecule is Cn1ccnc1C(=O)/C=C/C1CCCCC1. The Morgan fingerprint density at radius 3 is 2.81 bits per heavy atom. The molecule has 1 fully saturated rings. The highest BCUT2D eigenvalue weighted by Gasteiger charge is 2.12. The van der Waals surface area contributed by atoms with Gasteiger partial charge in [0.25, 0.3) is 0 Å². The number of hydrogen-bond donors (Lipinski definition) is 0. The molecule has 0 atom stereocenters. The monoisotopic (exact) mass is 218 g/mol. The second-order valence-corrected chi connectivity index (χ2v) is 4.48. The Balaban J connectivity index is 1.96. The Hall–Kier alpha value is -1.38. The van der Waals surface area contributed by atoms with Crippen LogP contribution in [0, 0.1) is 5.92 Å². The van der Waals surface area contributed by atoms with Crippen molar-refractivity contribution in [1.29, 1.82) is 0 Å². The van der Waals surface area contributed by atoms with Gasteiger partial charge < -0.3 is 4.57 Å². The van der Waals surface area contributed by atoms with Crippen LogP contribution in [0.1, 0.15) is 42.7 Å². The van der Waals surface area contributed by atoms with E-state index in [-0.39, 0.29) is 5.78 Å². The van der Waals surface area contributed by atoms with Crippen molar-refractivity contribution in [2.45, 2.75) is 32.1 Å². The summed E-state index contributed by atoms with van der Waals surface area (Å²) in [5.41, 5.74) is 0. The first-order chi connectivity index (χ1) is 7.77. The van der Waals surface area contributed by atoms with Gasteiger partial charge in [0.15, 0.2) is 5.82 Å². The molecule has 1 aliphatic carbocycles. The molecule has 0 amide bonds. The minimum absolute atomic E-state index is 0.0121. The van der Waals surface area contributed by atoms with Gasteiger partial charge >= 0.3 is 0 Å². The quantitative estimate of drug-likeness (QED) is 0.577. The maximum atomic E-state index is 11.8. The number of hydrogen-bond acceptors (Lipinski definition) is 2. The lowest BCUT2D eigenvalue weighted by molar-refractivity contribution is 0.103. The molecule has 1 heterocycles. The molecule has 0 N–H and O–H groups in total. The highest BCUT2D eigenvalue weighted by Crippen LogP contribution is 2.24. The van der Waals surface area contributed by atoms with E-state index in [0.717, 1.165) is 0 Å². The first kappa shape index (κ1) is 11.1. The lowest BCUT2D eigenvalue weighted by atomic mass is 9.89. The smallest absolute Gasteiger partial charge is 0.220 e. The number of ketones is 1. The van der Waals surface area contributed by atoms with Gasteiger partial charge in [-0.15, -0.1) is 0 Å². The molecule has 2 rings (SSSR count). The molecule has 3 nitrogen and oxygen atoms in total. The minimum atomic E-state index is 0.0121. The third-order valence-corrected chi connectivity index (χ3v) is 3.21. The Kier molecular flexibility index (Phi) is 3.54. The second-order valence-electron chi connectivity index (χ2n) is 4.48.